The van der Waals surface area contributed by atoms with Gasteiger partial charge in [-0.15, -0.1) is 0 Å². The fourth-order valence-corrected chi connectivity index (χ4v) is 7.42. The topological polar surface area (TPSA) is 161 Å². The first-order valence-electron chi connectivity index (χ1n) is 19.1. The first kappa shape index (κ1) is 38.4. The van der Waals surface area contributed by atoms with Crippen molar-refractivity contribution in [2.24, 2.45) is 32.3 Å². The second kappa shape index (κ2) is 14.2. The van der Waals surface area contributed by atoms with Crippen molar-refractivity contribution < 1.29 is 33.2 Å². The van der Waals surface area contributed by atoms with Crippen LogP contribution in [-0.4, -0.2) is 50.4 Å². The second-order valence-corrected chi connectivity index (χ2v) is 18.4. The van der Waals surface area contributed by atoms with E-state index in [1.807, 2.05) is 66.7 Å². The summed E-state index contributed by atoms with van der Waals surface area (Å²) in [5, 5.41) is 3.03. The highest BCUT2D eigenvalue weighted by Gasteiger charge is 2.49. The summed E-state index contributed by atoms with van der Waals surface area (Å²) in [6.45, 7) is 14.5. The molecule has 298 valence electrons. The number of nitrogens with one attached hydrogen (secondary N) is 1. The monoisotopic (exact) mass is 837 g/mol. The van der Waals surface area contributed by atoms with Crippen LogP contribution in [0.2, 0.25) is 0 Å². The number of amides is 1. The third-order valence-corrected chi connectivity index (χ3v) is 10.5. The highest BCUT2D eigenvalue weighted by molar-refractivity contribution is 9.10. The van der Waals surface area contributed by atoms with Crippen LogP contribution in [0.5, 0.6) is 34.5 Å². The summed E-state index contributed by atoms with van der Waals surface area (Å²) in [7, 11) is 0. The van der Waals surface area contributed by atoms with Crippen LogP contribution in [-0.2, 0) is 20.6 Å². The molecule has 4 aliphatic heterocycles. The highest BCUT2D eigenvalue weighted by Crippen LogP contribution is 2.53. The number of hydrogen-bond donors (Lipinski definition) is 3. The Hall–Kier alpha value is -5.43. The lowest BCUT2D eigenvalue weighted by molar-refractivity contribution is 0.0950. The molecule has 0 radical (unpaired) electrons. The van der Waals surface area contributed by atoms with Crippen LogP contribution in [0.1, 0.15) is 87.0 Å². The number of carbonyl (C=O) groups is 1. The van der Waals surface area contributed by atoms with E-state index in [9.17, 15) is 4.79 Å². The molecule has 2 spiro atoms. The maximum absolute atomic E-state index is 12.7. The minimum absolute atomic E-state index is 0.0273. The van der Waals surface area contributed by atoms with Gasteiger partial charge in [-0.1, -0.05) is 57.5 Å². The zero-order chi connectivity index (χ0) is 40.3. The number of halogens is 1. The van der Waals surface area contributed by atoms with Gasteiger partial charge in [0.1, 0.15) is 47.7 Å². The molecular formula is C44H48BrN5O7. The number of amidine groups is 2. The molecule has 57 heavy (non-hydrogen) atoms. The largest absolute Gasteiger partial charge is 0.493 e. The van der Waals surface area contributed by atoms with Gasteiger partial charge in [-0.3, -0.25) is 4.79 Å². The molecule has 5 N–H and O–H groups in total. The SMILES string of the molecule is CC(C)(C)COc1ccc2c(c1)[C@]1(COC(N)=N1)c1cc(Br)ccc1O2.CC(C)(C)COc1ccc2c(c1)[C@]1(COC(N)=N1)c1cc(C(=O)NC3CC3)ccc1O2. The van der Waals surface area contributed by atoms with Crippen molar-refractivity contribution in [3.63, 3.8) is 0 Å². The lowest BCUT2D eigenvalue weighted by atomic mass is 9.80. The van der Waals surface area contributed by atoms with E-state index in [1.54, 1.807) is 6.07 Å². The third-order valence-electron chi connectivity index (χ3n) is 10.0. The van der Waals surface area contributed by atoms with Crippen molar-refractivity contribution in [2.75, 3.05) is 26.4 Å². The van der Waals surface area contributed by atoms with Gasteiger partial charge >= 0.3 is 0 Å². The Balaban J connectivity index is 0.000000162. The van der Waals surface area contributed by atoms with Crippen molar-refractivity contribution in [2.45, 2.75) is 71.5 Å². The van der Waals surface area contributed by atoms with Crippen LogP contribution >= 0.6 is 15.9 Å². The molecule has 4 aromatic rings. The molecule has 4 heterocycles. The Morgan fingerprint density at radius 2 is 1.14 bits per heavy atom. The van der Waals surface area contributed by atoms with Crippen LogP contribution in [0, 0.1) is 10.8 Å². The molecule has 9 rings (SSSR count). The zero-order valence-corrected chi connectivity index (χ0v) is 34.6. The van der Waals surface area contributed by atoms with E-state index in [1.165, 1.54) is 0 Å². The molecule has 1 saturated carbocycles. The Morgan fingerprint density at radius 1 is 0.702 bits per heavy atom. The molecule has 12 nitrogen and oxygen atoms in total. The number of nitrogens with zero attached hydrogens (tertiary/aromatic N) is 2. The van der Waals surface area contributed by atoms with Crippen molar-refractivity contribution in [1.29, 1.82) is 0 Å². The Labute approximate surface area is 341 Å². The summed E-state index contributed by atoms with van der Waals surface area (Å²) in [6, 6.07) is 23.4. The quantitative estimate of drug-likeness (QED) is 0.174. The van der Waals surface area contributed by atoms with Gasteiger partial charge < -0.3 is 45.2 Å². The Morgan fingerprint density at radius 3 is 1.58 bits per heavy atom. The van der Waals surface area contributed by atoms with Gasteiger partial charge in [0.15, 0.2) is 11.1 Å². The first-order valence-corrected chi connectivity index (χ1v) is 19.9. The summed E-state index contributed by atoms with van der Waals surface area (Å²) in [5.74, 6) is 4.22. The molecule has 1 amide bonds. The molecule has 1 fully saturated rings. The number of carbonyl (C=O) groups excluding carboxylic acids is 1. The number of benzene rings is 4. The van der Waals surface area contributed by atoms with Crippen LogP contribution in [0.15, 0.2) is 87.3 Å². The van der Waals surface area contributed by atoms with E-state index in [0.29, 0.717) is 36.9 Å². The number of nitrogens with two attached hydrogens (primary N) is 2. The van der Waals surface area contributed by atoms with E-state index in [2.05, 4.69) is 67.8 Å². The van der Waals surface area contributed by atoms with Crippen molar-refractivity contribution in [1.82, 2.24) is 5.32 Å². The second-order valence-electron chi connectivity index (χ2n) is 17.5. The van der Waals surface area contributed by atoms with Gasteiger partial charge in [-0.05, 0) is 96.5 Å². The molecule has 13 heteroatoms. The summed E-state index contributed by atoms with van der Waals surface area (Å²) < 4.78 is 36.4. The van der Waals surface area contributed by atoms with Gasteiger partial charge in [0.05, 0.1) is 13.2 Å². The smallest absolute Gasteiger partial charge is 0.283 e. The molecule has 5 aliphatic rings. The minimum atomic E-state index is -0.885. The normalized spacial score (nSPS) is 21.1. The van der Waals surface area contributed by atoms with Crippen molar-refractivity contribution >= 4 is 33.9 Å². The summed E-state index contributed by atoms with van der Waals surface area (Å²) in [6.07, 6.45) is 2.06. The summed E-state index contributed by atoms with van der Waals surface area (Å²) in [4.78, 5) is 22.0. The average Bonchev–Trinajstić information content (AvgIpc) is 3.77. The lowest BCUT2D eigenvalue weighted by Gasteiger charge is -2.34. The first-order chi connectivity index (χ1) is 27.0. The Kier molecular flexibility index (Phi) is 9.57. The highest BCUT2D eigenvalue weighted by atomic mass is 79.9. The van der Waals surface area contributed by atoms with Gasteiger partial charge in [0.2, 0.25) is 0 Å². The molecule has 1 aliphatic carbocycles. The van der Waals surface area contributed by atoms with Gasteiger partial charge in [0, 0.05) is 38.3 Å². The molecule has 0 aromatic heterocycles. The Bertz CT molecular complexity index is 2310. The summed E-state index contributed by atoms with van der Waals surface area (Å²) in [5.41, 5.74) is 14.3. The maximum atomic E-state index is 12.7. The van der Waals surface area contributed by atoms with E-state index in [-0.39, 0.29) is 41.4 Å². The van der Waals surface area contributed by atoms with E-state index in [0.717, 1.165) is 62.6 Å². The number of rotatable bonds is 6. The zero-order valence-electron chi connectivity index (χ0n) is 33.0. The molecule has 0 unspecified atom stereocenters. The van der Waals surface area contributed by atoms with Crippen LogP contribution in [0.4, 0.5) is 0 Å². The fraction of sp³-hybridized carbons (Fsp3) is 0.386. The van der Waals surface area contributed by atoms with E-state index >= 15 is 0 Å². The van der Waals surface area contributed by atoms with E-state index < -0.39 is 11.1 Å². The molecule has 2 atom stereocenters. The standard InChI is InChI=1S/C24H27N3O4.C20H21BrN2O3/c1-23(2,3)12-29-16-7-9-20-18(11-16)24(13-30-22(25)27-24)17-10-14(4-8-19(17)31-20)21(28)26-15-5-6-15;1-19(2,3)10-24-13-5-7-17-15(9-13)20(11-25-18(22)23-20)14-8-12(21)4-6-16(14)26-17/h4,7-11,15H,5-6,12-13H2,1-3H3,(H2,25,27)(H,26,28);4-9H,10-11H2,1-3H3,(H2,22,23)/t24-;20-/m00/s1. The van der Waals surface area contributed by atoms with Gasteiger partial charge in [-0.2, -0.15) is 0 Å². The predicted molar refractivity (Wildman–Crippen MR) is 221 cm³/mol. The number of aliphatic imine (C=N–C) groups is 2. The van der Waals surface area contributed by atoms with Crippen molar-refractivity contribution in [3.8, 4) is 34.5 Å². The molecule has 4 aromatic carbocycles. The number of hydrogen-bond acceptors (Lipinski definition) is 11. The van der Waals surface area contributed by atoms with Gasteiger partial charge in [0.25, 0.3) is 18.0 Å². The molecule has 0 saturated heterocycles. The lowest BCUT2D eigenvalue weighted by Crippen LogP contribution is -2.32. The molecule has 0 bridgehead atoms. The van der Waals surface area contributed by atoms with Crippen molar-refractivity contribution in [3.05, 3.63) is 105 Å². The molecular weight excluding hydrogens is 790 g/mol. The number of ether oxygens (including phenoxy) is 6. The van der Waals surface area contributed by atoms with Crippen LogP contribution in [0.3, 0.4) is 0 Å². The van der Waals surface area contributed by atoms with Crippen LogP contribution < -0.4 is 35.7 Å². The minimum Gasteiger partial charge on any atom is -0.493 e. The fourth-order valence-electron chi connectivity index (χ4n) is 7.06. The van der Waals surface area contributed by atoms with E-state index in [4.69, 9.17) is 44.9 Å². The number of fused-ring (bicyclic) bond motifs is 8. The average molecular weight is 839 g/mol. The van der Waals surface area contributed by atoms with Crippen LogP contribution in [0.25, 0.3) is 0 Å². The summed E-state index contributed by atoms with van der Waals surface area (Å²) >= 11 is 3.54. The maximum Gasteiger partial charge on any atom is 0.283 e. The predicted octanol–water partition coefficient (Wildman–Crippen LogP) is 8.27. The third kappa shape index (κ3) is 7.81. The van der Waals surface area contributed by atoms with Gasteiger partial charge in [-0.25, -0.2) is 9.98 Å².